The first-order chi connectivity index (χ1) is 6.34. The SMILES string of the molecule is NC1C=CC(CN2C=CCN2)=CC1. The number of hydrazine groups is 1. The van der Waals surface area contributed by atoms with Crippen molar-refractivity contribution in [3.8, 4) is 0 Å². The van der Waals surface area contributed by atoms with E-state index in [4.69, 9.17) is 5.73 Å². The Bertz CT molecular complexity index is 265. The molecule has 0 aromatic heterocycles. The molecule has 2 rings (SSSR count). The number of hydrogen-bond acceptors (Lipinski definition) is 3. The summed E-state index contributed by atoms with van der Waals surface area (Å²) >= 11 is 0. The van der Waals surface area contributed by atoms with Gasteiger partial charge in [0.05, 0.1) is 6.54 Å². The Balaban J connectivity index is 1.88. The highest BCUT2D eigenvalue weighted by atomic mass is 15.5. The van der Waals surface area contributed by atoms with E-state index in [2.05, 4.69) is 40.9 Å². The third-order valence-electron chi connectivity index (χ3n) is 2.26. The summed E-state index contributed by atoms with van der Waals surface area (Å²) in [6.07, 6.45) is 11.5. The van der Waals surface area contributed by atoms with Crippen LogP contribution in [-0.4, -0.2) is 24.1 Å². The van der Waals surface area contributed by atoms with Crippen molar-refractivity contribution in [2.45, 2.75) is 12.5 Å². The van der Waals surface area contributed by atoms with E-state index in [0.717, 1.165) is 19.5 Å². The van der Waals surface area contributed by atoms with Gasteiger partial charge in [0.1, 0.15) is 0 Å². The summed E-state index contributed by atoms with van der Waals surface area (Å²) in [7, 11) is 0. The van der Waals surface area contributed by atoms with E-state index in [1.54, 1.807) is 0 Å². The average Bonchev–Trinajstić information content (AvgIpc) is 2.62. The lowest BCUT2D eigenvalue weighted by atomic mass is 10.0. The van der Waals surface area contributed by atoms with E-state index in [-0.39, 0.29) is 6.04 Å². The van der Waals surface area contributed by atoms with E-state index in [0.29, 0.717) is 0 Å². The minimum absolute atomic E-state index is 0.214. The van der Waals surface area contributed by atoms with Crippen molar-refractivity contribution in [1.29, 1.82) is 0 Å². The molecule has 1 aliphatic carbocycles. The molecule has 70 valence electrons. The summed E-state index contributed by atoms with van der Waals surface area (Å²) < 4.78 is 0. The second-order valence-electron chi connectivity index (χ2n) is 3.41. The highest BCUT2D eigenvalue weighted by Crippen LogP contribution is 2.10. The minimum Gasteiger partial charge on any atom is -0.324 e. The lowest BCUT2D eigenvalue weighted by molar-refractivity contribution is 0.333. The van der Waals surface area contributed by atoms with Gasteiger partial charge in [-0.15, -0.1) is 0 Å². The van der Waals surface area contributed by atoms with Crippen LogP contribution in [0.25, 0.3) is 0 Å². The van der Waals surface area contributed by atoms with Gasteiger partial charge in [0.2, 0.25) is 0 Å². The molecule has 1 heterocycles. The highest BCUT2D eigenvalue weighted by molar-refractivity contribution is 5.26. The second-order valence-corrected chi connectivity index (χ2v) is 3.41. The van der Waals surface area contributed by atoms with Crippen LogP contribution < -0.4 is 11.2 Å². The molecule has 0 saturated carbocycles. The van der Waals surface area contributed by atoms with Gasteiger partial charge in [-0.05, 0) is 12.0 Å². The maximum Gasteiger partial charge on any atom is 0.0584 e. The minimum atomic E-state index is 0.214. The van der Waals surface area contributed by atoms with Crippen LogP contribution in [-0.2, 0) is 0 Å². The molecule has 3 N–H and O–H groups in total. The summed E-state index contributed by atoms with van der Waals surface area (Å²) in [5, 5.41) is 2.09. The lowest BCUT2D eigenvalue weighted by Gasteiger charge is -2.19. The molecular weight excluding hydrogens is 162 g/mol. The topological polar surface area (TPSA) is 41.3 Å². The standard InChI is InChI=1S/C10H15N3/c11-10-4-2-9(3-5-10)8-13-7-1-6-12-13/h1-4,7,10,12H,5-6,8,11H2. The van der Waals surface area contributed by atoms with Crippen molar-refractivity contribution in [3.63, 3.8) is 0 Å². The van der Waals surface area contributed by atoms with Gasteiger partial charge in [0.15, 0.2) is 0 Å². The number of nitrogens with two attached hydrogens (primary N) is 1. The van der Waals surface area contributed by atoms with Crippen LogP contribution in [0.1, 0.15) is 6.42 Å². The molecule has 0 amide bonds. The number of nitrogens with one attached hydrogen (secondary N) is 1. The van der Waals surface area contributed by atoms with Crippen LogP contribution in [0.5, 0.6) is 0 Å². The van der Waals surface area contributed by atoms with Crippen LogP contribution in [0.4, 0.5) is 0 Å². The Hall–Kier alpha value is -1.06. The molecule has 3 nitrogen and oxygen atoms in total. The van der Waals surface area contributed by atoms with Crippen LogP contribution in [0.3, 0.4) is 0 Å². The van der Waals surface area contributed by atoms with Crippen LogP contribution in [0.15, 0.2) is 36.1 Å². The molecule has 13 heavy (non-hydrogen) atoms. The molecule has 1 aliphatic heterocycles. The van der Waals surface area contributed by atoms with E-state index in [9.17, 15) is 0 Å². The summed E-state index contributed by atoms with van der Waals surface area (Å²) in [6, 6.07) is 0.214. The predicted molar refractivity (Wildman–Crippen MR) is 53.7 cm³/mol. The molecule has 0 spiro atoms. The fraction of sp³-hybridized carbons (Fsp3) is 0.400. The van der Waals surface area contributed by atoms with Gasteiger partial charge in [0, 0.05) is 18.8 Å². The first-order valence-electron chi connectivity index (χ1n) is 4.64. The molecule has 0 saturated heterocycles. The summed E-state index contributed by atoms with van der Waals surface area (Å²) in [6.45, 7) is 1.87. The molecule has 2 aliphatic rings. The van der Waals surface area contributed by atoms with Gasteiger partial charge in [-0.1, -0.05) is 24.3 Å². The van der Waals surface area contributed by atoms with Crippen molar-refractivity contribution in [2.75, 3.05) is 13.1 Å². The van der Waals surface area contributed by atoms with E-state index in [1.807, 2.05) is 0 Å². The zero-order chi connectivity index (χ0) is 9.10. The molecule has 3 heteroatoms. The van der Waals surface area contributed by atoms with Gasteiger partial charge in [0.25, 0.3) is 0 Å². The summed E-state index contributed by atoms with van der Waals surface area (Å²) in [5.74, 6) is 0. The fourth-order valence-electron chi connectivity index (χ4n) is 1.51. The van der Waals surface area contributed by atoms with Crippen molar-refractivity contribution in [3.05, 3.63) is 36.1 Å². The first kappa shape index (κ1) is 8.53. The van der Waals surface area contributed by atoms with Crippen molar-refractivity contribution >= 4 is 0 Å². The van der Waals surface area contributed by atoms with Gasteiger partial charge >= 0.3 is 0 Å². The molecular formula is C10H15N3. The molecule has 0 fully saturated rings. The van der Waals surface area contributed by atoms with Crippen LogP contribution in [0, 0.1) is 0 Å². The third kappa shape index (κ3) is 2.20. The molecule has 0 radical (unpaired) electrons. The Morgan fingerprint density at radius 3 is 3.15 bits per heavy atom. The van der Waals surface area contributed by atoms with Crippen LogP contribution >= 0.6 is 0 Å². The normalized spacial score (nSPS) is 26.7. The lowest BCUT2D eigenvalue weighted by Crippen LogP contribution is -2.31. The van der Waals surface area contributed by atoms with Crippen molar-refractivity contribution in [2.24, 2.45) is 5.73 Å². The number of hydrogen-bond donors (Lipinski definition) is 2. The van der Waals surface area contributed by atoms with Gasteiger partial charge in [-0.25, -0.2) is 5.43 Å². The van der Waals surface area contributed by atoms with Crippen molar-refractivity contribution in [1.82, 2.24) is 10.4 Å². The molecule has 0 bridgehead atoms. The Kier molecular flexibility index (Phi) is 2.47. The van der Waals surface area contributed by atoms with Crippen molar-refractivity contribution < 1.29 is 0 Å². The van der Waals surface area contributed by atoms with E-state index < -0.39 is 0 Å². The second kappa shape index (κ2) is 3.77. The summed E-state index contributed by atoms with van der Waals surface area (Å²) in [4.78, 5) is 0. The van der Waals surface area contributed by atoms with Crippen LogP contribution in [0.2, 0.25) is 0 Å². The largest absolute Gasteiger partial charge is 0.324 e. The number of rotatable bonds is 2. The molecule has 1 unspecified atom stereocenters. The molecule has 1 atom stereocenters. The summed E-state index contributed by atoms with van der Waals surface area (Å²) in [5.41, 5.74) is 10.3. The fourth-order valence-corrected chi connectivity index (χ4v) is 1.51. The highest BCUT2D eigenvalue weighted by Gasteiger charge is 2.07. The molecule has 0 aromatic rings. The number of nitrogens with zero attached hydrogens (tertiary/aromatic N) is 1. The molecule has 0 aromatic carbocycles. The third-order valence-corrected chi connectivity index (χ3v) is 2.26. The average molecular weight is 177 g/mol. The quantitative estimate of drug-likeness (QED) is 0.646. The zero-order valence-electron chi connectivity index (χ0n) is 7.61. The predicted octanol–water partition coefficient (Wildman–Crippen LogP) is 0.534. The monoisotopic (exact) mass is 177 g/mol. The Labute approximate surface area is 78.6 Å². The van der Waals surface area contributed by atoms with Gasteiger partial charge < -0.3 is 10.7 Å². The van der Waals surface area contributed by atoms with E-state index >= 15 is 0 Å². The zero-order valence-corrected chi connectivity index (χ0v) is 7.61. The van der Waals surface area contributed by atoms with Gasteiger partial charge in [-0.3, -0.25) is 0 Å². The van der Waals surface area contributed by atoms with Gasteiger partial charge in [-0.2, -0.15) is 0 Å². The maximum absolute atomic E-state index is 5.73. The smallest absolute Gasteiger partial charge is 0.0584 e. The maximum atomic E-state index is 5.73. The first-order valence-corrected chi connectivity index (χ1v) is 4.64. The van der Waals surface area contributed by atoms with E-state index in [1.165, 1.54) is 5.57 Å². The Morgan fingerprint density at radius 1 is 1.62 bits per heavy atom. The Morgan fingerprint density at radius 2 is 2.54 bits per heavy atom.